The topological polar surface area (TPSA) is 38.3 Å². The molecular formula is C11H21NO2. The van der Waals surface area contributed by atoms with Crippen LogP contribution >= 0.6 is 0 Å². The first-order chi connectivity index (χ1) is 6.31. The fourth-order valence-corrected chi connectivity index (χ4v) is 1.75. The first kappa shape index (κ1) is 11.5. The highest BCUT2D eigenvalue weighted by molar-refractivity contribution is 5.70. The Hall–Kier alpha value is -0.570. The van der Waals surface area contributed by atoms with E-state index in [1.54, 1.807) is 0 Å². The maximum atomic E-state index is 11.6. The predicted molar refractivity (Wildman–Crippen MR) is 56.1 cm³/mol. The standard InChI is InChI=1S/C11H21NO2/c1-10(2,3)14-9(13)7-11(4)5-6-12-8-11/h12H,5-8H2,1-4H3. The summed E-state index contributed by atoms with van der Waals surface area (Å²) in [6.45, 7) is 9.78. The molecule has 82 valence electrons. The molecule has 14 heavy (non-hydrogen) atoms. The Balaban J connectivity index is 2.40. The van der Waals surface area contributed by atoms with Gasteiger partial charge in [-0.3, -0.25) is 4.79 Å². The lowest BCUT2D eigenvalue weighted by Crippen LogP contribution is -2.29. The number of nitrogens with one attached hydrogen (secondary N) is 1. The number of carbonyl (C=O) groups is 1. The van der Waals surface area contributed by atoms with Gasteiger partial charge >= 0.3 is 5.97 Å². The maximum Gasteiger partial charge on any atom is 0.306 e. The van der Waals surface area contributed by atoms with Crippen LogP contribution in [0.25, 0.3) is 0 Å². The summed E-state index contributed by atoms with van der Waals surface area (Å²) in [6, 6.07) is 0. The number of carbonyl (C=O) groups excluding carboxylic acids is 1. The van der Waals surface area contributed by atoms with Crippen molar-refractivity contribution in [1.82, 2.24) is 5.32 Å². The maximum absolute atomic E-state index is 11.6. The Morgan fingerprint density at radius 1 is 1.50 bits per heavy atom. The molecular weight excluding hydrogens is 178 g/mol. The van der Waals surface area contributed by atoms with Crippen molar-refractivity contribution in [2.45, 2.75) is 46.1 Å². The zero-order valence-electron chi connectivity index (χ0n) is 9.64. The van der Waals surface area contributed by atoms with Gasteiger partial charge in [0.05, 0.1) is 6.42 Å². The summed E-state index contributed by atoms with van der Waals surface area (Å²) in [4.78, 5) is 11.6. The number of esters is 1. The largest absolute Gasteiger partial charge is 0.460 e. The van der Waals surface area contributed by atoms with Crippen molar-refractivity contribution >= 4 is 5.97 Å². The normalized spacial score (nSPS) is 27.7. The predicted octanol–water partition coefficient (Wildman–Crippen LogP) is 1.72. The molecule has 0 spiro atoms. The molecule has 0 amide bonds. The van der Waals surface area contributed by atoms with Crippen molar-refractivity contribution in [2.24, 2.45) is 5.41 Å². The van der Waals surface area contributed by atoms with E-state index in [1.807, 2.05) is 20.8 Å². The smallest absolute Gasteiger partial charge is 0.306 e. The summed E-state index contributed by atoms with van der Waals surface area (Å²) in [5.41, 5.74) is -0.262. The average molecular weight is 199 g/mol. The highest BCUT2D eigenvalue weighted by Gasteiger charge is 2.32. The van der Waals surface area contributed by atoms with Crippen molar-refractivity contribution in [1.29, 1.82) is 0 Å². The van der Waals surface area contributed by atoms with Gasteiger partial charge in [-0.1, -0.05) is 6.92 Å². The van der Waals surface area contributed by atoms with Crippen LogP contribution in [-0.4, -0.2) is 24.7 Å². The Morgan fingerprint density at radius 3 is 2.57 bits per heavy atom. The molecule has 1 N–H and O–H groups in total. The van der Waals surface area contributed by atoms with Gasteiger partial charge in [-0.2, -0.15) is 0 Å². The van der Waals surface area contributed by atoms with Gasteiger partial charge in [0.2, 0.25) is 0 Å². The molecule has 0 aromatic rings. The molecule has 1 heterocycles. The lowest BCUT2D eigenvalue weighted by atomic mass is 9.86. The second kappa shape index (κ2) is 3.89. The van der Waals surface area contributed by atoms with Gasteiger partial charge in [0.1, 0.15) is 5.60 Å². The van der Waals surface area contributed by atoms with Crippen LogP contribution in [-0.2, 0) is 9.53 Å². The van der Waals surface area contributed by atoms with Crippen LogP contribution in [0.1, 0.15) is 40.5 Å². The molecule has 1 fully saturated rings. The van der Waals surface area contributed by atoms with Crippen molar-refractivity contribution in [3.05, 3.63) is 0 Å². The number of ether oxygens (including phenoxy) is 1. The van der Waals surface area contributed by atoms with E-state index in [1.165, 1.54) is 0 Å². The average Bonchev–Trinajstić information content (AvgIpc) is 2.30. The minimum Gasteiger partial charge on any atom is -0.460 e. The van der Waals surface area contributed by atoms with Crippen molar-refractivity contribution in [3.8, 4) is 0 Å². The van der Waals surface area contributed by atoms with E-state index in [-0.39, 0.29) is 17.0 Å². The Morgan fingerprint density at radius 2 is 2.14 bits per heavy atom. The molecule has 1 atom stereocenters. The Labute approximate surface area is 86.2 Å². The van der Waals surface area contributed by atoms with E-state index in [4.69, 9.17) is 4.74 Å². The van der Waals surface area contributed by atoms with Crippen LogP contribution in [0.2, 0.25) is 0 Å². The minimum atomic E-state index is -0.362. The lowest BCUT2D eigenvalue weighted by molar-refractivity contribution is -0.157. The zero-order chi connectivity index (χ0) is 10.8. The van der Waals surface area contributed by atoms with Crippen molar-refractivity contribution in [3.63, 3.8) is 0 Å². The monoisotopic (exact) mass is 199 g/mol. The third-order valence-corrected chi connectivity index (χ3v) is 2.45. The zero-order valence-corrected chi connectivity index (χ0v) is 9.64. The van der Waals surface area contributed by atoms with E-state index in [2.05, 4.69) is 12.2 Å². The van der Waals surface area contributed by atoms with Crippen LogP contribution in [0.5, 0.6) is 0 Å². The summed E-state index contributed by atoms with van der Waals surface area (Å²) in [5, 5.41) is 3.27. The van der Waals surface area contributed by atoms with E-state index in [9.17, 15) is 4.79 Å². The molecule has 3 nitrogen and oxygen atoms in total. The summed E-state index contributed by atoms with van der Waals surface area (Å²) >= 11 is 0. The third kappa shape index (κ3) is 3.66. The van der Waals surface area contributed by atoms with Gasteiger partial charge in [0, 0.05) is 6.54 Å². The molecule has 0 aromatic carbocycles. The fraction of sp³-hybridized carbons (Fsp3) is 0.909. The quantitative estimate of drug-likeness (QED) is 0.688. The molecule has 1 unspecified atom stereocenters. The summed E-state index contributed by atoms with van der Waals surface area (Å²) < 4.78 is 5.30. The van der Waals surface area contributed by atoms with Crippen LogP contribution < -0.4 is 5.32 Å². The first-order valence-corrected chi connectivity index (χ1v) is 5.23. The van der Waals surface area contributed by atoms with Crippen LogP contribution in [0.3, 0.4) is 0 Å². The van der Waals surface area contributed by atoms with Gasteiger partial charge < -0.3 is 10.1 Å². The third-order valence-electron chi connectivity index (χ3n) is 2.45. The lowest BCUT2D eigenvalue weighted by Gasteiger charge is -2.25. The van der Waals surface area contributed by atoms with E-state index >= 15 is 0 Å². The van der Waals surface area contributed by atoms with Gasteiger partial charge in [-0.15, -0.1) is 0 Å². The summed E-state index contributed by atoms with van der Waals surface area (Å²) in [5.74, 6) is -0.0799. The van der Waals surface area contributed by atoms with Crippen LogP contribution in [0.4, 0.5) is 0 Å². The number of hydrogen-bond donors (Lipinski definition) is 1. The number of rotatable bonds is 2. The first-order valence-electron chi connectivity index (χ1n) is 5.23. The Bertz CT molecular complexity index is 212. The van der Waals surface area contributed by atoms with E-state index in [0.717, 1.165) is 19.5 Å². The second-order valence-corrected chi connectivity index (χ2v) is 5.50. The Kier molecular flexibility index (Phi) is 3.20. The van der Waals surface area contributed by atoms with Gasteiger partial charge in [-0.05, 0) is 39.2 Å². The fourth-order valence-electron chi connectivity index (χ4n) is 1.75. The van der Waals surface area contributed by atoms with E-state index in [0.29, 0.717) is 6.42 Å². The molecule has 3 heteroatoms. The minimum absolute atomic E-state index is 0.0799. The molecule has 0 aliphatic carbocycles. The van der Waals surface area contributed by atoms with Gasteiger partial charge in [-0.25, -0.2) is 0 Å². The summed E-state index contributed by atoms with van der Waals surface area (Å²) in [6.07, 6.45) is 1.59. The molecule has 0 saturated carbocycles. The highest BCUT2D eigenvalue weighted by atomic mass is 16.6. The van der Waals surface area contributed by atoms with Crippen LogP contribution in [0.15, 0.2) is 0 Å². The van der Waals surface area contributed by atoms with Crippen LogP contribution in [0, 0.1) is 5.41 Å². The van der Waals surface area contributed by atoms with Gasteiger partial charge in [0.25, 0.3) is 0 Å². The molecule has 1 rings (SSSR count). The van der Waals surface area contributed by atoms with Crippen molar-refractivity contribution < 1.29 is 9.53 Å². The highest BCUT2D eigenvalue weighted by Crippen LogP contribution is 2.29. The number of hydrogen-bond acceptors (Lipinski definition) is 3. The molecule has 0 bridgehead atoms. The molecule has 1 aliphatic heterocycles. The van der Waals surface area contributed by atoms with Crippen molar-refractivity contribution in [2.75, 3.05) is 13.1 Å². The van der Waals surface area contributed by atoms with E-state index < -0.39 is 0 Å². The summed E-state index contributed by atoms with van der Waals surface area (Å²) in [7, 11) is 0. The molecule has 1 saturated heterocycles. The SMILES string of the molecule is CC1(CC(=O)OC(C)(C)C)CCNC1. The molecule has 1 aliphatic rings. The molecule has 0 radical (unpaired) electrons. The van der Waals surface area contributed by atoms with Gasteiger partial charge in [0.15, 0.2) is 0 Å². The molecule has 0 aromatic heterocycles. The second-order valence-electron chi connectivity index (χ2n) is 5.50.